The minimum absolute atomic E-state index is 0.0317. The van der Waals surface area contributed by atoms with E-state index < -0.39 is 0 Å². The third-order valence-electron chi connectivity index (χ3n) is 2.39. The Morgan fingerprint density at radius 3 is 2.88 bits per heavy atom. The number of rotatable bonds is 8. The van der Waals surface area contributed by atoms with E-state index in [0.717, 1.165) is 11.3 Å². The van der Waals surface area contributed by atoms with Gasteiger partial charge < -0.3 is 19.9 Å². The number of aliphatic hydroxyl groups is 1. The number of hydrogen-bond donors (Lipinski definition) is 2. The van der Waals surface area contributed by atoms with Crippen LogP contribution in [0.2, 0.25) is 0 Å². The molecule has 0 aliphatic rings. The quantitative estimate of drug-likeness (QED) is 0.715. The van der Waals surface area contributed by atoms with Gasteiger partial charge in [-0.05, 0) is 24.6 Å². The molecule has 1 aromatic rings. The Bertz CT molecular complexity index is 317. The number of hydrogen-bond acceptors (Lipinski definition) is 4. The van der Waals surface area contributed by atoms with Gasteiger partial charge in [-0.3, -0.25) is 0 Å². The minimum Gasteiger partial charge on any atom is -0.494 e. The topological polar surface area (TPSA) is 50.7 Å². The monoisotopic (exact) mass is 239 g/mol. The SMILES string of the molecule is CCOc1cccc(CNC(CO)COC)c1. The molecule has 0 heterocycles. The van der Waals surface area contributed by atoms with Crippen LogP contribution in [0.25, 0.3) is 0 Å². The van der Waals surface area contributed by atoms with Crippen molar-refractivity contribution in [3.8, 4) is 5.75 Å². The zero-order valence-corrected chi connectivity index (χ0v) is 10.5. The molecule has 0 saturated heterocycles. The summed E-state index contributed by atoms with van der Waals surface area (Å²) in [5.41, 5.74) is 1.13. The van der Waals surface area contributed by atoms with Crippen molar-refractivity contribution in [3.05, 3.63) is 29.8 Å². The summed E-state index contributed by atoms with van der Waals surface area (Å²) in [6.07, 6.45) is 0. The largest absolute Gasteiger partial charge is 0.494 e. The van der Waals surface area contributed by atoms with Gasteiger partial charge in [-0.15, -0.1) is 0 Å². The molecule has 0 aliphatic carbocycles. The van der Waals surface area contributed by atoms with Crippen LogP contribution in [0, 0.1) is 0 Å². The van der Waals surface area contributed by atoms with E-state index in [2.05, 4.69) is 5.32 Å². The lowest BCUT2D eigenvalue weighted by Crippen LogP contribution is -2.35. The molecular formula is C13H21NO3. The summed E-state index contributed by atoms with van der Waals surface area (Å²) in [6, 6.07) is 7.89. The smallest absolute Gasteiger partial charge is 0.119 e. The van der Waals surface area contributed by atoms with Crippen LogP contribution in [0.3, 0.4) is 0 Å². The molecule has 1 rings (SSSR count). The predicted molar refractivity (Wildman–Crippen MR) is 67.2 cm³/mol. The van der Waals surface area contributed by atoms with Crippen LogP contribution in [-0.4, -0.2) is 38.1 Å². The maximum absolute atomic E-state index is 9.11. The molecule has 0 aliphatic heterocycles. The molecule has 4 heteroatoms. The lowest BCUT2D eigenvalue weighted by molar-refractivity contribution is 0.128. The molecular weight excluding hydrogens is 218 g/mol. The first kappa shape index (κ1) is 14.0. The molecule has 0 saturated carbocycles. The van der Waals surface area contributed by atoms with E-state index in [9.17, 15) is 0 Å². The Balaban J connectivity index is 2.47. The van der Waals surface area contributed by atoms with Gasteiger partial charge in [0.25, 0.3) is 0 Å². The second-order valence-electron chi connectivity index (χ2n) is 3.80. The van der Waals surface area contributed by atoms with Gasteiger partial charge in [0.2, 0.25) is 0 Å². The number of ether oxygens (including phenoxy) is 2. The number of nitrogens with one attached hydrogen (secondary N) is 1. The highest BCUT2D eigenvalue weighted by Crippen LogP contribution is 2.13. The predicted octanol–water partition coefficient (Wildman–Crippen LogP) is 1.18. The Morgan fingerprint density at radius 2 is 2.24 bits per heavy atom. The van der Waals surface area contributed by atoms with E-state index in [0.29, 0.717) is 19.8 Å². The zero-order valence-electron chi connectivity index (χ0n) is 10.5. The first-order valence-corrected chi connectivity index (χ1v) is 5.85. The van der Waals surface area contributed by atoms with E-state index >= 15 is 0 Å². The van der Waals surface area contributed by atoms with Gasteiger partial charge in [-0.1, -0.05) is 12.1 Å². The number of aliphatic hydroxyl groups excluding tert-OH is 1. The van der Waals surface area contributed by atoms with E-state index in [-0.39, 0.29) is 12.6 Å². The van der Waals surface area contributed by atoms with Crippen molar-refractivity contribution in [3.63, 3.8) is 0 Å². The molecule has 1 aromatic carbocycles. The molecule has 17 heavy (non-hydrogen) atoms. The van der Waals surface area contributed by atoms with E-state index in [4.69, 9.17) is 14.6 Å². The molecule has 0 aromatic heterocycles. The van der Waals surface area contributed by atoms with Gasteiger partial charge in [0.15, 0.2) is 0 Å². The summed E-state index contributed by atoms with van der Waals surface area (Å²) < 4.78 is 10.4. The van der Waals surface area contributed by atoms with Crippen LogP contribution in [0.1, 0.15) is 12.5 Å². The average molecular weight is 239 g/mol. The molecule has 0 fully saturated rings. The molecule has 1 unspecified atom stereocenters. The van der Waals surface area contributed by atoms with Gasteiger partial charge >= 0.3 is 0 Å². The molecule has 1 atom stereocenters. The normalized spacial score (nSPS) is 12.4. The molecule has 96 valence electrons. The van der Waals surface area contributed by atoms with Crippen molar-refractivity contribution < 1.29 is 14.6 Å². The first-order chi connectivity index (χ1) is 8.30. The Labute approximate surface area is 103 Å². The summed E-state index contributed by atoms with van der Waals surface area (Å²) >= 11 is 0. The summed E-state index contributed by atoms with van der Waals surface area (Å²) in [7, 11) is 1.63. The molecule has 2 N–H and O–H groups in total. The third kappa shape index (κ3) is 5.17. The maximum atomic E-state index is 9.11. The highest BCUT2D eigenvalue weighted by Gasteiger charge is 2.06. The molecule has 0 spiro atoms. The summed E-state index contributed by atoms with van der Waals surface area (Å²) in [5, 5.41) is 12.3. The van der Waals surface area contributed by atoms with Gasteiger partial charge in [-0.25, -0.2) is 0 Å². The highest BCUT2D eigenvalue weighted by molar-refractivity contribution is 5.28. The molecule has 4 nitrogen and oxygen atoms in total. The average Bonchev–Trinajstić information content (AvgIpc) is 2.35. The fourth-order valence-corrected chi connectivity index (χ4v) is 1.55. The Morgan fingerprint density at radius 1 is 1.41 bits per heavy atom. The lowest BCUT2D eigenvalue weighted by atomic mass is 10.2. The second-order valence-corrected chi connectivity index (χ2v) is 3.80. The van der Waals surface area contributed by atoms with Gasteiger partial charge in [0.1, 0.15) is 5.75 Å². The van der Waals surface area contributed by atoms with Crippen molar-refractivity contribution >= 4 is 0 Å². The van der Waals surface area contributed by atoms with Crippen molar-refractivity contribution in [2.75, 3.05) is 26.9 Å². The fraction of sp³-hybridized carbons (Fsp3) is 0.538. The fourth-order valence-electron chi connectivity index (χ4n) is 1.55. The van der Waals surface area contributed by atoms with Crippen LogP contribution < -0.4 is 10.1 Å². The molecule has 0 radical (unpaired) electrons. The maximum Gasteiger partial charge on any atom is 0.119 e. The van der Waals surface area contributed by atoms with Gasteiger partial charge in [0, 0.05) is 13.7 Å². The van der Waals surface area contributed by atoms with E-state index in [1.165, 1.54) is 0 Å². The second kappa shape index (κ2) is 8.06. The Hall–Kier alpha value is -1.10. The zero-order chi connectivity index (χ0) is 12.5. The van der Waals surface area contributed by atoms with Crippen LogP contribution >= 0.6 is 0 Å². The van der Waals surface area contributed by atoms with Crippen LogP contribution in [-0.2, 0) is 11.3 Å². The Kier molecular flexibility index (Phi) is 6.62. The molecule has 0 bridgehead atoms. The standard InChI is InChI=1S/C13H21NO3/c1-3-17-13-6-4-5-11(7-13)8-14-12(9-15)10-16-2/h4-7,12,14-15H,3,8-10H2,1-2H3. The number of methoxy groups -OCH3 is 1. The lowest BCUT2D eigenvalue weighted by Gasteiger charge is -2.15. The van der Waals surface area contributed by atoms with E-state index in [1.807, 2.05) is 31.2 Å². The number of benzene rings is 1. The summed E-state index contributed by atoms with van der Waals surface area (Å²) in [6.45, 7) is 3.89. The summed E-state index contributed by atoms with van der Waals surface area (Å²) in [4.78, 5) is 0. The molecule has 0 amide bonds. The van der Waals surface area contributed by atoms with Crippen molar-refractivity contribution in [2.45, 2.75) is 19.5 Å². The third-order valence-corrected chi connectivity index (χ3v) is 2.39. The van der Waals surface area contributed by atoms with Gasteiger partial charge in [0.05, 0.1) is 25.9 Å². The van der Waals surface area contributed by atoms with E-state index in [1.54, 1.807) is 7.11 Å². The van der Waals surface area contributed by atoms with Crippen LogP contribution in [0.4, 0.5) is 0 Å². The van der Waals surface area contributed by atoms with Crippen molar-refractivity contribution in [2.24, 2.45) is 0 Å². The highest BCUT2D eigenvalue weighted by atomic mass is 16.5. The first-order valence-electron chi connectivity index (χ1n) is 5.85. The van der Waals surface area contributed by atoms with Gasteiger partial charge in [-0.2, -0.15) is 0 Å². The van der Waals surface area contributed by atoms with Crippen LogP contribution in [0.15, 0.2) is 24.3 Å². The van der Waals surface area contributed by atoms with Crippen molar-refractivity contribution in [1.29, 1.82) is 0 Å². The minimum atomic E-state index is -0.0317. The summed E-state index contributed by atoms with van der Waals surface area (Å²) in [5.74, 6) is 0.874. The van der Waals surface area contributed by atoms with Crippen LogP contribution in [0.5, 0.6) is 5.75 Å². The van der Waals surface area contributed by atoms with Crippen molar-refractivity contribution in [1.82, 2.24) is 5.32 Å².